The number of nitrogens with zero attached hydrogens (tertiary/aromatic N) is 6. The van der Waals surface area contributed by atoms with E-state index >= 15 is 0 Å². The molecule has 0 bridgehead atoms. The van der Waals surface area contributed by atoms with Crippen molar-refractivity contribution < 1.29 is 0 Å². The first-order chi connectivity index (χ1) is 3.91. The lowest BCUT2D eigenvalue weighted by Crippen LogP contribution is -1.38. The summed E-state index contributed by atoms with van der Waals surface area (Å²) < 4.78 is 0. The van der Waals surface area contributed by atoms with Gasteiger partial charge in [-0.05, 0) is 11.1 Å². The lowest BCUT2D eigenvalue weighted by molar-refractivity contribution is 1.41. The number of hydrogen-bond acceptors (Lipinski definition) is 2. The second-order valence-corrected chi connectivity index (χ2v) is 0.708. The van der Waals surface area contributed by atoms with E-state index in [1.54, 1.807) is 0 Å². The third kappa shape index (κ3) is 4.36. The molecule has 0 aromatic heterocycles. The highest BCUT2D eigenvalue weighted by molar-refractivity contribution is 4.76. The summed E-state index contributed by atoms with van der Waals surface area (Å²) in [6, 6.07) is 0. The largest absolute Gasteiger partial charge is 0.0687 e. The molecule has 0 saturated carbocycles. The Kier molecular flexibility index (Phi) is 4.26. The molecule has 0 aromatic rings. The van der Waals surface area contributed by atoms with Crippen LogP contribution in [0.2, 0.25) is 0 Å². The predicted molar refractivity (Wildman–Crippen MR) is 27.4 cm³/mol. The van der Waals surface area contributed by atoms with Gasteiger partial charge in [-0.2, -0.15) is 0 Å². The van der Waals surface area contributed by atoms with Crippen LogP contribution in [0.25, 0.3) is 20.9 Å². The Labute approximate surface area is 44.7 Å². The molecule has 0 rings (SSSR count). The molecule has 0 unspecified atom stereocenters. The molecule has 0 heterocycles. The molecule has 0 aromatic carbocycles. The zero-order chi connectivity index (χ0) is 6.24. The molecule has 0 aliphatic heterocycles. The standard InChI is InChI=1S/C2H2N6/c3-7-5-1-2-6-8-4/h1-2H. The van der Waals surface area contributed by atoms with E-state index in [1.165, 1.54) is 0 Å². The second-order valence-electron chi connectivity index (χ2n) is 0.708. The van der Waals surface area contributed by atoms with E-state index < -0.39 is 0 Å². The third-order valence-corrected chi connectivity index (χ3v) is 0.303. The molecule has 0 amide bonds. The van der Waals surface area contributed by atoms with Crippen molar-refractivity contribution in [1.29, 1.82) is 0 Å². The van der Waals surface area contributed by atoms with Crippen LogP contribution in [0.5, 0.6) is 0 Å². The summed E-state index contributed by atoms with van der Waals surface area (Å²) in [5.74, 6) is 0. The molecule has 0 N–H and O–H groups in total. The summed E-state index contributed by atoms with van der Waals surface area (Å²) in [6.45, 7) is 0. The van der Waals surface area contributed by atoms with Gasteiger partial charge in [0.05, 0.1) is 0 Å². The van der Waals surface area contributed by atoms with Crippen LogP contribution in [0.15, 0.2) is 22.6 Å². The Morgan fingerprint density at radius 3 is 1.62 bits per heavy atom. The topological polar surface area (TPSA) is 97.5 Å². The Bertz CT molecular complexity index is 147. The monoisotopic (exact) mass is 110 g/mol. The Balaban J connectivity index is 3.66. The SMILES string of the molecule is [N-]=[N+]=NC=CN=[N+]=[N-]. The first-order valence-corrected chi connectivity index (χ1v) is 1.65. The summed E-state index contributed by atoms with van der Waals surface area (Å²) in [5, 5.41) is 5.89. The molecule has 6 heteroatoms. The van der Waals surface area contributed by atoms with Crippen molar-refractivity contribution in [3.05, 3.63) is 33.3 Å². The Morgan fingerprint density at radius 1 is 1.00 bits per heavy atom. The fourth-order valence-electron chi connectivity index (χ4n) is 0.119. The average Bonchev–Trinajstić information content (AvgIpc) is 1.81. The van der Waals surface area contributed by atoms with E-state index in [0.717, 1.165) is 12.4 Å². The molecular formula is C2H2N6. The van der Waals surface area contributed by atoms with Gasteiger partial charge in [0, 0.05) is 22.2 Å². The molecule has 0 fully saturated rings. The minimum absolute atomic E-state index is 1.06. The van der Waals surface area contributed by atoms with Crippen molar-refractivity contribution in [2.45, 2.75) is 0 Å². The van der Waals surface area contributed by atoms with Gasteiger partial charge in [-0.3, -0.25) is 0 Å². The molecule has 0 radical (unpaired) electrons. The molecule has 0 spiro atoms. The van der Waals surface area contributed by atoms with Crippen LogP contribution in [0.3, 0.4) is 0 Å². The van der Waals surface area contributed by atoms with E-state index in [-0.39, 0.29) is 0 Å². The lowest BCUT2D eigenvalue weighted by Gasteiger charge is -1.59. The van der Waals surface area contributed by atoms with Gasteiger partial charge in [-0.15, -0.1) is 0 Å². The highest BCUT2D eigenvalue weighted by Gasteiger charge is 1.55. The van der Waals surface area contributed by atoms with Crippen molar-refractivity contribution >= 4 is 0 Å². The highest BCUT2D eigenvalue weighted by atomic mass is 15.1. The molecule has 6 nitrogen and oxygen atoms in total. The molecule has 0 aliphatic rings. The first kappa shape index (κ1) is 6.36. The molecule has 0 atom stereocenters. The number of hydrogen-bond donors (Lipinski definition) is 0. The Morgan fingerprint density at radius 2 is 1.38 bits per heavy atom. The van der Waals surface area contributed by atoms with Crippen LogP contribution in [-0.2, 0) is 0 Å². The maximum Gasteiger partial charge on any atom is 0.00474 e. The summed E-state index contributed by atoms with van der Waals surface area (Å²) in [7, 11) is 0. The molecule has 8 heavy (non-hydrogen) atoms. The van der Waals surface area contributed by atoms with Gasteiger partial charge in [-0.1, -0.05) is 10.2 Å². The van der Waals surface area contributed by atoms with Gasteiger partial charge in [0.2, 0.25) is 0 Å². The first-order valence-electron chi connectivity index (χ1n) is 1.65. The second kappa shape index (κ2) is 5.36. The summed E-state index contributed by atoms with van der Waals surface area (Å²) in [6.07, 6.45) is 2.11. The van der Waals surface area contributed by atoms with Crippen molar-refractivity contribution in [1.82, 2.24) is 0 Å². The molecular weight excluding hydrogens is 108 g/mol. The maximum atomic E-state index is 7.64. The van der Waals surface area contributed by atoms with E-state index in [1.807, 2.05) is 0 Å². The maximum absolute atomic E-state index is 7.64. The Hall–Kier alpha value is -1.64. The fourth-order valence-corrected chi connectivity index (χ4v) is 0.119. The van der Waals surface area contributed by atoms with Gasteiger partial charge >= 0.3 is 0 Å². The summed E-state index contributed by atoms with van der Waals surface area (Å²) in [4.78, 5) is 4.72. The quantitative estimate of drug-likeness (QED) is 0.295. The smallest absolute Gasteiger partial charge is 0.00474 e. The van der Waals surface area contributed by atoms with E-state index in [2.05, 4.69) is 20.1 Å². The zero-order valence-corrected chi connectivity index (χ0v) is 3.84. The molecule has 0 saturated heterocycles. The van der Waals surface area contributed by atoms with Gasteiger partial charge in [0.25, 0.3) is 0 Å². The van der Waals surface area contributed by atoms with Crippen LogP contribution in [0, 0.1) is 0 Å². The van der Waals surface area contributed by atoms with Crippen LogP contribution >= 0.6 is 0 Å². The highest BCUT2D eigenvalue weighted by Crippen LogP contribution is 1.76. The van der Waals surface area contributed by atoms with Crippen molar-refractivity contribution in [2.75, 3.05) is 0 Å². The van der Waals surface area contributed by atoms with Gasteiger partial charge in [0.15, 0.2) is 0 Å². The van der Waals surface area contributed by atoms with Crippen molar-refractivity contribution in [3.8, 4) is 0 Å². The van der Waals surface area contributed by atoms with Crippen LogP contribution in [0.1, 0.15) is 0 Å². The predicted octanol–water partition coefficient (Wildman–Crippen LogP) is 2.08. The minimum atomic E-state index is 1.06. The summed E-state index contributed by atoms with van der Waals surface area (Å²) >= 11 is 0. The van der Waals surface area contributed by atoms with Crippen molar-refractivity contribution in [2.24, 2.45) is 10.2 Å². The van der Waals surface area contributed by atoms with Gasteiger partial charge in [-0.25, -0.2) is 0 Å². The third-order valence-electron chi connectivity index (χ3n) is 0.303. The van der Waals surface area contributed by atoms with Crippen molar-refractivity contribution in [3.63, 3.8) is 0 Å². The van der Waals surface area contributed by atoms with Gasteiger partial charge in [0.1, 0.15) is 0 Å². The van der Waals surface area contributed by atoms with Crippen LogP contribution in [-0.4, -0.2) is 0 Å². The van der Waals surface area contributed by atoms with E-state index in [0.29, 0.717) is 0 Å². The fraction of sp³-hybridized carbons (Fsp3) is 0. The zero-order valence-electron chi connectivity index (χ0n) is 3.84. The van der Waals surface area contributed by atoms with Crippen LogP contribution in [0.4, 0.5) is 0 Å². The van der Waals surface area contributed by atoms with E-state index in [4.69, 9.17) is 11.1 Å². The lowest BCUT2D eigenvalue weighted by atomic mass is 11.0. The molecule has 40 valence electrons. The normalized spacial score (nSPS) is 7.50. The molecule has 0 aliphatic carbocycles. The van der Waals surface area contributed by atoms with Crippen LogP contribution < -0.4 is 0 Å². The number of azide groups is 2. The van der Waals surface area contributed by atoms with Gasteiger partial charge < -0.3 is 0 Å². The van der Waals surface area contributed by atoms with E-state index in [9.17, 15) is 0 Å². The number of rotatable bonds is 2. The summed E-state index contributed by atoms with van der Waals surface area (Å²) in [5.41, 5.74) is 15.3. The minimum Gasteiger partial charge on any atom is -0.0687 e. The average molecular weight is 110 g/mol.